The van der Waals surface area contributed by atoms with Crippen LogP contribution >= 0.6 is 0 Å². The van der Waals surface area contributed by atoms with Crippen molar-refractivity contribution in [1.82, 2.24) is 0 Å². The summed E-state index contributed by atoms with van der Waals surface area (Å²) >= 11 is 0. The molecule has 1 aliphatic heterocycles. The van der Waals surface area contributed by atoms with Crippen molar-refractivity contribution >= 4 is 5.69 Å². The smallest absolute Gasteiger partial charge is 0.0897 e. The average molecular weight is 285 g/mol. The lowest BCUT2D eigenvalue weighted by Gasteiger charge is -2.49. The van der Waals surface area contributed by atoms with E-state index in [0.717, 1.165) is 0 Å². The minimum absolute atomic E-state index is 0.0292. The molecule has 2 bridgehead atoms. The third-order valence-electron chi connectivity index (χ3n) is 5.37. The highest BCUT2D eigenvalue weighted by Crippen LogP contribution is 2.50. The molecule has 2 heteroatoms. The van der Waals surface area contributed by atoms with Gasteiger partial charge in [0, 0.05) is 25.7 Å². The second-order valence-corrected chi connectivity index (χ2v) is 7.35. The molecule has 0 saturated carbocycles. The predicted octanol–water partition coefficient (Wildman–Crippen LogP) is 4.58. The Morgan fingerprint density at radius 1 is 1.14 bits per heavy atom. The molecule has 1 aliphatic carbocycles. The zero-order chi connectivity index (χ0) is 15.2. The third-order valence-corrected chi connectivity index (χ3v) is 5.37. The van der Waals surface area contributed by atoms with Gasteiger partial charge in [0.15, 0.2) is 0 Å². The van der Waals surface area contributed by atoms with Gasteiger partial charge in [-0.3, -0.25) is 0 Å². The summed E-state index contributed by atoms with van der Waals surface area (Å²) in [7, 11) is 4.15. The van der Waals surface area contributed by atoms with Gasteiger partial charge in [0.25, 0.3) is 0 Å². The van der Waals surface area contributed by atoms with Crippen LogP contribution in [0.25, 0.3) is 0 Å². The Morgan fingerprint density at radius 3 is 2.43 bits per heavy atom. The number of hydrogen-bond acceptors (Lipinski definition) is 2. The Hall–Kier alpha value is -1.28. The van der Waals surface area contributed by atoms with Crippen LogP contribution < -0.4 is 4.90 Å². The Labute approximate surface area is 128 Å². The maximum Gasteiger partial charge on any atom is 0.0897 e. The van der Waals surface area contributed by atoms with E-state index in [9.17, 15) is 0 Å². The molecule has 3 rings (SSSR count). The second-order valence-electron chi connectivity index (χ2n) is 7.35. The SMILES string of the molecule is CC1=CC[C@H]2C[C@@H]1[C@H](c1ccc(N(C)C)cc1)OC2(C)C. The average Bonchev–Trinajstić information content (AvgIpc) is 2.45. The monoisotopic (exact) mass is 285 g/mol. The molecule has 0 unspecified atom stereocenters. The molecule has 1 saturated heterocycles. The standard InChI is InChI=1S/C19H27NO/c1-13-6-9-15-12-17(13)18(21-19(15,2)3)14-7-10-16(11-8-14)20(4)5/h6-8,10-11,15,17-18H,9,12H2,1-5H3/t15-,17-,18-/m0/s1. The summed E-state index contributed by atoms with van der Waals surface area (Å²) in [5, 5.41) is 0. The predicted molar refractivity (Wildman–Crippen MR) is 88.6 cm³/mol. The van der Waals surface area contributed by atoms with Gasteiger partial charge >= 0.3 is 0 Å². The molecule has 0 amide bonds. The van der Waals surface area contributed by atoms with Crippen molar-refractivity contribution in [3.05, 3.63) is 41.5 Å². The molecule has 2 aliphatic rings. The maximum absolute atomic E-state index is 6.54. The topological polar surface area (TPSA) is 12.5 Å². The second kappa shape index (κ2) is 5.17. The highest BCUT2D eigenvalue weighted by molar-refractivity contribution is 5.46. The lowest BCUT2D eigenvalue weighted by molar-refractivity contribution is -0.166. The van der Waals surface area contributed by atoms with Crippen molar-refractivity contribution in [3.8, 4) is 0 Å². The summed E-state index contributed by atoms with van der Waals surface area (Å²) in [6, 6.07) is 8.86. The van der Waals surface area contributed by atoms with Crippen LogP contribution in [0.2, 0.25) is 0 Å². The van der Waals surface area contributed by atoms with E-state index in [1.54, 1.807) is 0 Å². The molecule has 0 spiro atoms. The largest absolute Gasteiger partial charge is 0.378 e. The molecule has 0 aromatic heterocycles. The van der Waals surface area contributed by atoms with Gasteiger partial charge in [-0.15, -0.1) is 0 Å². The number of hydrogen-bond donors (Lipinski definition) is 0. The fraction of sp³-hybridized carbons (Fsp3) is 0.579. The van der Waals surface area contributed by atoms with Crippen molar-refractivity contribution in [2.24, 2.45) is 11.8 Å². The molecule has 1 aromatic rings. The minimum Gasteiger partial charge on any atom is -0.378 e. The molecule has 1 heterocycles. The van der Waals surface area contributed by atoms with E-state index in [2.05, 4.69) is 70.1 Å². The number of allylic oxidation sites excluding steroid dienone is 1. The molecule has 3 atom stereocenters. The molecule has 0 N–H and O–H groups in total. The lowest BCUT2D eigenvalue weighted by atomic mass is 9.69. The van der Waals surface area contributed by atoms with Gasteiger partial charge in [-0.2, -0.15) is 0 Å². The van der Waals surface area contributed by atoms with Crippen LogP contribution in [0.4, 0.5) is 5.69 Å². The molecule has 0 radical (unpaired) electrons. The summed E-state index contributed by atoms with van der Waals surface area (Å²) < 4.78 is 6.54. The van der Waals surface area contributed by atoms with E-state index in [-0.39, 0.29) is 11.7 Å². The number of anilines is 1. The number of benzene rings is 1. The number of rotatable bonds is 2. The van der Waals surface area contributed by atoms with E-state index in [1.165, 1.54) is 29.7 Å². The molecule has 21 heavy (non-hydrogen) atoms. The summed E-state index contributed by atoms with van der Waals surface area (Å²) in [6.07, 6.45) is 5.06. The van der Waals surface area contributed by atoms with Gasteiger partial charge in [0.2, 0.25) is 0 Å². The van der Waals surface area contributed by atoms with Crippen molar-refractivity contribution in [1.29, 1.82) is 0 Å². The highest BCUT2D eigenvalue weighted by atomic mass is 16.5. The first-order chi connectivity index (χ1) is 9.88. The van der Waals surface area contributed by atoms with Gasteiger partial charge < -0.3 is 9.64 Å². The Kier molecular flexibility index (Phi) is 3.61. The van der Waals surface area contributed by atoms with Crippen LogP contribution in [0.15, 0.2) is 35.9 Å². The number of nitrogens with zero attached hydrogens (tertiary/aromatic N) is 1. The molecular formula is C19H27NO. The van der Waals surface area contributed by atoms with E-state index in [4.69, 9.17) is 4.74 Å². The van der Waals surface area contributed by atoms with Gasteiger partial charge in [-0.05, 0) is 57.2 Å². The molecule has 1 aromatic carbocycles. The van der Waals surface area contributed by atoms with Gasteiger partial charge in [-0.1, -0.05) is 23.8 Å². The van der Waals surface area contributed by atoms with Crippen LogP contribution in [-0.4, -0.2) is 19.7 Å². The van der Waals surface area contributed by atoms with Crippen LogP contribution in [0.3, 0.4) is 0 Å². The van der Waals surface area contributed by atoms with Gasteiger partial charge in [0.05, 0.1) is 11.7 Å². The summed E-state index contributed by atoms with van der Waals surface area (Å²) in [4.78, 5) is 2.14. The quantitative estimate of drug-likeness (QED) is 0.738. The van der Waals surface area contributed by atoms with E-state index < -0.39 is 0 Å². The van der Waals surface area contributed by atoms with Crippen LogP contribution in [0, 0.1) is 11.8 Å². The first-order valence-corrected chi connectivity index (χ1v) is 8.00. The molecular weight excluding hydrogens is 258 g/mol. The van der Waals surface area contributed by atoms with Crippen LogP contribution in [0.5, 0.6) is 0 Å². The van der Waals surface area contributed by atoms with Gasteiger partial charge in [-0.25, -0.2) is 0 Å². The fourth-order valence-electron chi connectivity index (χ4n) is 3.77. The first-order valence-electron chi connectivity index (χ1n) is 8.00. The molecule has 1 fully saturated rings. The van der Waals surface area contributed by atoms with Crippen LogP contribution in [-0.2, 0) is 4.74 Å². The zero-order valence-electron chi connectivity index (χ0n) is 13.9. The van der Waals surface area contributed by atoms with Crippen molar-refractivity contribution in [2.45, 2.75) is 45.3 Å². The van der Waals surface area contributed by atoms with E-state index in [1.807, 2.05) is 0 Å². The number of ether oxygens (including phenoxy) is 1. The summed E-state index contributed by atoms with van der Waals surface area (Å²) in [5.41, 5.74) is 4.02. The van der Waals surface area contributed by atoms with E-state index >= 15 is 0 Å². The zero-order valence-corrected chi connectivity index (χ0v) is 13.9. The minimum atomic E-state index is -0.0292. The first kappa shape index (κ1) is 14.6. The maximum atomic E-state index is 6.54. The van der Waals surface area contributed by atoms with Crippen molar-refractivity contribution in [2.75, 3.05) is 19.0 Å². The molecule has 114 valence electrons. The molecule has 2 nitrogen and oxygen atoms in total. The van der Waals surface area contributed by atoms with Crippen LogP contribution in [0.1, 0.15) is 45.3 Å². The lowest BCUT2D eigenvalue weighted by Crippen LogP contribution is -2.45. The Bertz CT molecular complexity index is 541. The van der Waals surface area contributed by atoms with Crippen molar-refractivity contribution < 1.29 is 4.74 Å². The highest BCUT2D eigenvalue weighted by Gasteiger charge is 2.45. The Morgan fingerprint density at radius 2 is 1.81 bits per heavy atom. The van der Waals surface area contributed by atoms with Gasteiger partial charge in [0.1, 0.15) is 0 Å². The summed E-state index contributed by atoms with van der Waals surface area (Å²) in [6.45, 7) is 6.77. The normalized spacial score (nSPS) is 30.7. The Balaban J connectivity index is 1.92. The van der Waals surface area contributed by atoms with E-state index in [0.29, 0.717) is 11.8 Å². The van der Waals surface area contributed by atoms with Crippen molar-refractivity contribution in [3.63, 3.8) is 0 Å². The fourth-order valence-corrected chi connectivity index (χ4v) is 3.77. The summed E-state index contributed by atoms with van der Waals surface area (Å²) in [5.74, 6) is 1.20. The third kappa shape index (κ3) is 2.62. The number of fused-ring (bicyclic) bond motifs is 2.